The zero-order valence-electron chi connectivity index (χ0n) is 15.4. The number of thioether (sulfide) groups is 1. The lowest BCUT2D eigenvalue weighted by Crippen LogP contribution is -2.45. The molecule has 3 aliphatic rings. The summed E-state index contributed by atoms with van der Waals surface area (Å²) in [6.45, 7) is 12.6. The van der Waals surface area contributed by atoms with Crippen LogP contribution in [0.3, 0.4) is 0 Å². The van der Waals surface area contributed by atoms with Crippen molar-refractivity contribution in [2.45, 2.75) is 38.6 Å². The molecule has 1 unspecified atom stereocenters. The highest BCUT2D eigenvalue weighted by Crippen LogP contribution is 2.20. The van der Waals surface area contributed by atoms with E-state index in [0.717, 1.165) is 44.7 Å². The lowest BCUT2D eigenvalue weighted by Gasteiger charge is -2.32. The molecule has 138 valence electrons. The number of hydrogen-bond acceptors (Lipinski definition) is 4. The number of rotatable bonds is 5. The molecule has 3 aliphatic heterocycles. The molecule has 5 nitrogen and oxygen atoms in total. The Labute approximate surface area is 152 Å². The summed E-state index contributed by atoms with van der Waals surface area (Å²) in [6.07, 6.45) is 5.50. The maximum Gasteiger partial charge on any atom is 0.194 e. The summed E-state index contributed by atoms with van der Waals surface area (Å²) >= 11 is 2.08. The minimum absolute atomic E-state index is 0.744. The predicted octanol–water partition coefficient (Wildman–Crippen LogP) is 1.56. The molecule has 0 bridgehead atoms. The van der Waals surface area contributed by atoms with Gasteiger partial charge < -0.3 is 10.2 Å². The number of guanidine groups is 1. The van der Waals surface area contributed by atoms with Crippen molar-refractivity contribution in [2.24, 2.45) is 4.99 Å². The Morgan fingerprint density at radius 3 is 2.62 bits per heavy atom. The first-order chi connectivity index (χ1) is 11.9. The lowest BCUT2D eigenvalue weighted by atomic mass is 10.1. The molecule has 24 heavy (non-hydrogen) atoms. The van der Waals surface area contributed by atoms with Crippen LogP contribution in [0, 0.1) is 0 Å². The van der Waals surface area contributed by atoms with Gasteiger partial charge >= 0.3 is 0 Å². The summed E-state index contributed by atoms with van der Waals surface area (Å²) in [5.41, 5.74) is 0. The second-order valence-corrected chi connectivity index (χ2v) is 8.40. The van der Waals surface area contributed by atoms with E-state index in [0.29, 0.717) is 0 Å². The van der Waals surface area contributed by atoms with Crippen LogP contribution in [0.1, 0.15) is 32.6 Å². The Morgan fingerprint density at radius 1 is 1.08 bits per heavy atom. The molecule has 3 fully saturated rings. The number of likely N-dealkylation sites (tertiary alicyclic amines) is 2. The van der Waals surface area contributed by atoms with Gasteiger partial charge in [0.25, 0.3) is 0 Å². The highest BCUT2D eigenvalue weighted by molar-refractivity contribution is 7.99. The van der Waals surface area contributed by atoms with Gasteiger partial charge in [-0.25, -0.2) is 0 Å². The highest BCUT2D eigenvalue weighted by Gasteiger charge is 2.29. The van der Waals surface area contributed by atoms with Crippen molar-refractivity contribution in [3.05, 3.63) is 0 Å². The molecular weight excluding hydrogens is 318 g/mol. The van der Waals surface area contributed by atoms with Gasteiger partial charge in [0, 0.05) is 56.8 Å². The summed E-state index contributed by atoms with van der Waals surface area (Å²) in [6, 6.07) is 0.744. The van der Waals surface area contributed by atoms with E-state index in [2.05, 4.69) is 38.7 Å². The van der Waals surface area contributed by atoms with Gasteiger partial charge in [-0.05, 0) is 39.3 Å². The van der Waals surface area contributed by atoms with Crippen molar-refractivity contribution in [3.63, 3.8) is 0 Å². The van der Waals surface area contributed by atoms with E-state index < -0.39 is 0 Å². The predicted molar refractivity (Wildman–Crippen MR) is 105 cm³/mol. The van der Waals surface area contributed by atoms with E-state index in [1.54, 1.807) is 0 Å². The van der Waals surface area contributed by atoms with E-state index in [9.17, 15) is 0 Å². The molecule has 0 amide bonds. The maximum absolute atomic E-state index is 4.93. The molecule has 1 atom stereocenters. The highest BCUT2D eigenvalue weighted by atomic mass is 32.2. The number of aliphatic imine (C=N–C) groups is 1. The molecule has 3 saturated heterocycles. The van der Waals surface area contributed by atoms with Crippen molar-refractivity contribution < 1.29 is 0 Å². The molecule has 0 aliphatic carbocycles. The fourth-order valence-electron chi connectivity index (χ4n) is 4.06. The monoisotopic (exact) mass is 353 g/mol. The first-order valence-electron chi connectivity index (χ1n) is 9.94. The van der Waals surface area contributed by atoms with Crippen molar-refractivity contribution in [1.82, 2.24) is 20.0 Å². The van der Waals surface area contributed by atoms with E-state index in [1.165, 1.54) is 63.4 Å². The number of hydrogen-bond donors (Lipinski definition) is 1. The van der Waals surface area contributed by atoms with E-state index >= 15 is 0 Å². The second-order valence-electron chi connectivity index (χ2n) is 7.17. The molecular formula is C18H35N5S. The van der Waals surface area contributed by atoms with Gasteiger partial charge in [0.2, 0.25) is 0 Å². The fraction of sp³-hybridized carbons (Fsp3) is 0.944. The summed E-state index contributed by atoms with van der Waals surface area (Å²) in [5, 5.41) is 3.52. The van der Waals surface area contributed by atoms with Gasteiger partial charge in [0.1, 0.15) is 0 Å². The molecule has 0 radical (unpaired) electrons. The maximum atomic E-state index is 4.93. The van der Waals surface area contributed by atoms with Crippen molar-refractivity contribution in [2.75, 3.05) is 70.4 Å². The van der Waals surface area contributed by atoms with Crippen molar-refractivity contribution in [1.29, 1.82) is 0 Å². The zero-order valence-corrected chi connectivity index (χ0v) is 16.2. The molecule has 0 saturated carbocycles. The standard InChI is InChI=1S/C18H35N5S/c1-2-19-18(20-7-11-21-12-14-24-15-13-21)23-10-6-17(16-23)22-8-4-3-5-9-22/h17H,2-16H2,1H3,(H,19,20). The first kappa shape index (κ1) is 18.3. The lowest BCUT2D eigenvalue weighted by molar-refractivity contribution is 0.168. The van der Waals surface area contributed by atoms with Gasteiger partial charge in [-0.3, -0.25) is 14.8 Å². The summed E-state index contributed by atoms with van der Waals surface area (Å²) in [4.78, 5) is 12.7. The van der Waals surface area contributed by atoms with Crippen LogP contribution < -0.4 is 5.32 Å². The van der Waals surface area contributed by atoms with Crippen molar-refractivity contribution in [3.8, 4) is 0 Å². The average molecular weight is 354 g/mol. The Kier molecular flexibility index (Phi) is 7.55. The van der Waals surface area contributed by atoms with Crippen LogP contribution in [-0.2, 0) is 0 Å². The largest absolute Gasteiger partial charge is 0.357 e. The molecule has 0 spiro atoms. The molecule has 3 rings (SSSR count). The molecule has 3 heterocycles. The third-order valence-electron chi connectivity index (χ3n) is 5.49. The van der Waals surface area contributed by atoms with Gasteiger partial charge in [0.05, 0.1) is 6.54 Å². The van der Waals surface area contributed by atoms with Crippen LogP contribution in [0.25, 0.3) is 0 Å². The van der Waals surface area contributed by atoms with Crippen LogP contribution in [-0.4, -0.2) is 97.1 Å². The normalized spacial score (nSPS) is 27.6. The minimum Gasteiger partial charge on any atom is -0.357 e. The smallest absolute Gasteiger partial charge is 0.194 e. The molecule has 1 N–H and O–H groups in total. The van der Waals surface area contributed by atoms with E-state index in [4.69, 9.17) is 4.99 Å². The molecule has 6 heteroatoms. The number of nitrogens with zero attached hydrogens (tertiary/aromatic N) is 4. The number of nitrogens with one attached hydrogen (secondary N) is 1. The van der Waals surface area contributed by atoms with Crippen molar-refractivity contribution >= 4 is 17.7 Å². The van der Waals surface area contributed by atoms with Gasteiger partial charge in [-0.1, -0.05) is 6.42 Å². The quantitative estimate of drug-likeness (QED) is 0.599. The Morgan fingerprint density at radius 2 is 1.88 bits per heavy atom. The number of piperidine rings is 1. The summed E-state index contributed by atoms with van der Waals surface area (Å²) in [5.74, 6) is 3.71. The van der Waals surface area contributed by atoms with E-state index in [1.807, 2.05) is 0 Å². The second kappa shape index (κ2) is 9.88. The van der Waals surface area contributed by atoms with Crippen LogP contribution in [0.5, 0.6) is 0 Å². The van der Waals surface area contributed by atoms with Gasteiger partial charge in [-0.2, -0.15) is 11.8 Å². The van der Waals surface area contributed by atoms with Crippen LogP contribution in [0.15, 0.2) is 4.99 Å². The summed E-state index contributed by atoms with van der Waals surface area (Å²) in [7, 11) is 0. The first-order valence-corrected chi connectivity index (χ1v) is 11.1. The third-order valence-corrected chi connectivity index (χ3v) is 6.43. The zero-order chi connectivity index (χ0) is 16.6. The third kappa shape index (κ3) is 5.27. The minimum atomic E-state index is 0.744. The van der Waals surface area contributed by atoms with Crippen LogP contribution in [0.4, 0.5) is 0 Å². The van der Waals surface area contributed by atoms with Crippen LogP contribution in [0.2, 0.25) is 0 Å². The Balaban J connectivity index is 1.48. The molecule has 0 aromatic rings. The van der Waals surface area contributed by atoms with E-state index in [-0.39, 0.29) is 0 Å². The molecule has 0 aromatic heterocycles. The molecule has 0 aromatic carbocycles. The Bertz CT molecular complexity index is 391. The van der Waals surface area contributed by atoms with Gasteiger partial charge in [-0.15, -0.1) is 0 Å². The Hall–Kier alpha value is -0.460. The fourth-order valence-corrected chi connectivity index (χ4v) is 5.04. The SMILES string of the molecule is CCNC(=NCCN1CCSCC1)N1CCC(N2CCCCC2)C1. The average Bonchev–Trinajstić information content (AvgIpc) is 3.13. The van der Waals surface area contributed by atoms with Crippen LogP contribution >= 0.6 is 11.8 Å². The van der Waals surface area contributed by atoms with Gasteiger partial charge in [0.15, 0.2) is 5.96 Å². The topological polar surface area (TPSA) is 34.1 Å². The summed E-state index contributed by atoms with van der Waals surface area (Å²) < 4.78 is 0.